The molecule has 1 saturated carbocycles. The van der Waals surface area contributed by atoms with Crippen molar-refractivity contribution in [1.29, 1.82) is 0 Å². The van der Waals surface area contributed by atoms with E-state index in [2.05, 4.69) is 6.92 Å². The van der Waals surface area contributed by atoms with Gasteiger partial charge in [-0.25, -0.2) is 0 Å². The van der Waals surface area contributed by atoms with E-state index < -0.39 is 0 Å². The largest absolute Gasteiger partial charge is 0.466 e. The molecule has 2 fully saturated rings. The molecule has 2 rings (SSSR count). The van der Waals surface area contributed by atoms with Gasteiger partial charge in [-0.3, -0.25) is 4.79 Å². The zero-order valence-electron chi connectivity index (χ0n) is 10.8. The highest BCUT2D eigenvalue weighted by Crippen LogP contribution is 2.45. The van der Waals surface area contributed by atoms with Crippen LogP contribution in [0.25, 0.3) is 0 Å². The van der Waals surface area contributed by atoms with Gasteiger partial charge >= 0.3 is 5.97 Å². The van der Waals surface area contributed by atoms with Crippen LogP contribution in [0.5, 0.6) is 0 Å². The Morgan fingerprint density at radius 1 is 1.47 bits per heavy atom. The lowest BCUT2D eigenvalue weighted by molar-refractivity contribution is -0.157. The Morgan fingerprint density at radius 3 is 2.71 bits per heavy atom. The number of nitrogens with two attached hydrogens (primary N) is 1. The molecule has 0 radical (unpaired) electrons. The van der Waals surface area contributed by atoms with Crippen molar-refractivity contribution in [3.8, 4) is 0 Å². The first-order valence-electron chi connectivity index (χ1n) is 6.65. The van der Waals surface area contributed by atoms with Gasteiger partial charge in [-0.1, -0.05) is 6.92 Å². The third-order valence-electron chi connectivity index (χ3n) is 4.22. The molecule has 0 bridgehead atoms. The first kappa shape index (κ1) is 12.8. The monoisotopic (exact) mass is 241 g/mol. The van der Waals surface area contributed by atoms with Crippen molar-refractivity contribution < 1.29 is 14.3 Å². The molecule has 0 aromatic rings. The quantitative estimate of drug-likeness (QED) is 0.744. The Balaban J connectivity index is 2.12. The van der Waals surface area contributed by atoms with E-state index in [4.69, 9.17) is 15.2 Å². The van der Waals surface area contributed by atoms with Gasteiger partial charge in [0.15, 0.2) is 0 Å². The molecule has 1 aliphatic carbocycles. The van der Waals surface area contributed by atoms with E-state index in [1.54, 1.807) is 0 Å². The van der Waals surface area contributed by atoms with E-state index in [1.807, 2.05) is 6.92 Å². The number of ether oxygens (including phenoxy) is 2. The molecule has 1 aliphatic heterocycles. The van der Waals surface area contributed by atoms with E-state index in [0.717, 1.165) is 31.6 Å². The van der Waals surface area contributed by atoms with E-state index in [-0.39, 0.29) is 23.5 Å². The average Bonchev–Trinajstić information content (AvgIpc) is 2.61. The second-order valence-corrected chi connectivity index (χ2v) is 5.45. The van der Waals surface area contributed by atoms with Crippen LogP contribution in [0.3, 0.4) is 0 Å². The predicted octanol–water partition coefficient (Wildman–Crippen LogP) is 1.47. The Hall–Kier alpha value is -0.610. The second kappa shape index (κ2) is 4.94. The summed E-state index contributed by atoms with van der Waals surface area (Å²) in [7, 11) is 0. The lowest BCUT2D eigenvalue weighted by Crippen LogP contribution is -2.48. The number of hydrogen-bond acceptors (Lipinski definition) is 4. The topological polar surface area (TPSA) is 61.5 Å². The molecule has 1 spiro atoms. The molecule has 4 nitrogen and oxygen atoms in total. The van der Waals surface area contributed by atoms with Crippen molar-refractivity contribution in [1.82, 2.24) is 0 Å². The molecule has 4 heteroatoms. The van der Waals surface area contributed by atoms with Gasteiger partial charge in [0, 0.05) is 6.04 Å². The second-order valence-electron chi connectivity index (χ2n) is 5.45. The average molecular weight is 241 g/mol. The molecule has 98 valence electrons. The Bertz CT molecular complexity index is 284. The van der Waals surface area contributed by atoms with Gasteiger partial charge in [-0.15, -0.1) is 0 Å². The van der Waals surface area contributed by atoms with E-state index in [1.165, 1.54) is 0 Å². The molecule has 1 heterocycles. The van der Waals surface area contributed by atoms with Crippen molar-refractivity contribution in [3.63, 3.8) is 0 Å². The first-order valence-corrected chi connectivity index (χ1v) is 6.65. The van der Waals surface area contributed by atoms with E-state index in [9.17, 15) is 4.79 Å². The summed E-state index contributed by atoms with van der Waals surface area (Å²) in [5, 5.41) is 0. The molecule has 2 unspecified atom stereocenters. The van der Waals surface area contributed by atoms with Crippen LogP contribution in [-0.4, -0.2) is 30.8 Å². The highest BCUT2D eigenvalue weighted by atomic mass is 16.5. The van der Waals surface area contributed by atoms with Gasteiger partial charge in [0.05, 0.1) is 18.8 Å². The summed E-state index contributed by atoms with van der Waals surface area (Å²) < 4.78 is 11.0. The Kier molecular flexibility index (Phi) is 3.73. The highest BCUT2D eigenvalue weighted by Gasteiger charge is 2.53. The summed E-state index contributed by atoms with van der Waals surface area (Å²) in [6, 6.07) is -0.206. The molecule has 0 aromatic carbocycles. The molecule has 2 N–H and O–H groups in total. The third kappa shape index (κ3) is 2.33. The fraction of sp³-hybridized carbons (Fsp3) is 0.923. The molecular weight excluding hydrogens is 218 g/mol. The normalized spacial score (nSPS) is 41.7. The maximum absolute atomic E-state index is 12.0. The summed E-state index contributed by atoms with van der Waals surface area (Å²) in [5.74, 6) is 0.283. The standard InChI is InChI=1S/C13H23NO3/c1-3-16-12(15)11-10(14)8-17-13(11)6-4-9(2)5-7-13/h9-11H,3-8,14H2,1-2H3. The third-order valence-corrected chi connectivity index (χ3v) is 4.22. The van der Waals surface area contributed by atoms with Crippen LogP contribution in [-0.2, 0) is 14.3 Å². The molecular formula is C13H23NO3. The van der Waals surface area contributed by atoms with Gasteiger partial charge in [0.2, 0.25) is 0 Å². The molecule has 1 saturated heterocycles. The molecule has 2 aliphatic rings. The zero-order valence-corrected chi connectivity index (χ0v) is 10.8. The van der Waals surface area contributed by atoms with Crippen molar-refractivity contribution in [2.75, 3.05) is 13.2 Å². The van der Waals surface area contributed by atoms with Crippen molar-refractivity contribution in [2.24, 2.45) is 17.6 Å². The van der Waals surface area contributed by atoms with Crippen LogP contribution in [0.4, 0.5) is 0 Å². The van der Waals surface area contributed by atoms with Crippen LogP contribution < -0.4 is 5.73 Å². The molecule has 2 atom stereocenters. The fourth-order valence-corrected chi connectivity index (χ4v) is 3.17. The summed E-state index contributed by atoms with van der Waals surface area (Å²) >= 11 is 0. The van der Waals surface area contributed by atoms with Crippen molar-refractivity contribution in [2.45, 2.75) is 51.2 Å². The van der Waals surface area contributed by atoms with E-state index in [0.29, 0.717) is 13.2 Å². The van der Waals surface area contributed by atoms with Gasteiger partial charge in [0.1, 0.15) is 5.92 Å². The first-order chi connectivity index (χ1) is 8.09. The number of hydrogen-bond donors (Lipinski definition) is 1. The number of rotatable bonds is 2. The maximum atomic E-state index is 12.0. The van der Waals surface area contributed by atoms with Crippen LogP contribution in [0.15, 0.2) is 0 Å². The molecule has 0 aromatic heterocycles. The zero-order chi connectivity index (χ0) is 12.5. The maximum Gasteiger partial charge on any atom is 0.313 e. The smallest absolute Gasteiger partial charge is 0.313 e. The van der Waals surface area contributed by atoms with Crippen molar-refractivity contribution >= 4 is 5.97 Å². The van der Waals surface area contributed by atoms with Crippen LogP contribution in [0, 0.1) is 11.8 Å². The van der Waals surface area contributed by atoms with Gasteiger partial charge in [-0.05, 0) is 38.5 Å². The summed E-state index contributed by atoms with van der Waals surface area (Å²) in [4.78, 5) is 12.0. The number of carbonyl (C=O) groups is 1. The summed E-state index contributed by atoms with van der Waals surface area (Å²) in [5.41, 5.74) is 5.69. The SMILES string of the molecule is CCOC(=O)C1C(N)COC12CCC(C)CC2. The predicted molar refractivity (Wildman–Crippen MR) is 64.4 cm³/mol. The summed E-state index contributed by atoms with van der Waals surface area (Å²) in [6.45, 7) is 4.97. The molecule has 0 amide bonds. The fourth-order valence-electron chi connectivity index (χ4n) is 3.17. The van der Waals surface area contributed by atoms with Crippen molar-refractivity contribution in [3.05, 3.63) is 0 Å². The number of carbonyl (C=O) groups excluding carboxylic acids is 1. The van der Waals surface area contributed by atoms with Crippen LogP contribution in [0.1, 0.15) is 39.5 Å². The minimum absolute atomic E-state index is 0.174. The Labute approximate surface area is 103 Å². The van der Waals surface area contributed by atoms with Gasteiger partial charge in [0.25, 0.3) is 0 Å². The lowest BCUT2D eigenvalue weighted by atomic mass is 9.72. The summed E-state index contributed by atoms with van der Waals surface area (Å²) in [6.07, 6.45) is 4.10. The molecule has 17 heavy (non-hydrogen) atoms. The van der Waals surface area contributed by atoms with E-state index >= 15 is 0 Å². The van der Waals surface area contributed by atoms with Crippen LogP contribution >= 0.6 is 0 Å². The highest BCUT2D eigenvalue weighted by molar-refractivity contribution is 5.75. The minimum Gasteiger partial charge on any atom is -0.466 e. The minimum atomic E-state index is -0.335. The van der Waals surface area contributed by atoms with Crippen LogP contribution in [0.2, 0.25) is 0 Å². The van der Waals surface area contributed by atoms with Gasteiger partial charge < -0.3 is 15.2 Å². The number of esters is 1. The lowest BCUT2D eigenvalue weighted by Gasteiger charge is -2.39. The van der Waals surface area contributed by atoms with Gasteiger partial charge in [-0.2, -0.15) is 0 Å². The Morgan fingerprint density at radius 2 is 2.12 bits per heavy atom.